The van der Waals surface area contributed by atoms with Crippen LogP contribution in [0.5, 0.6) is 0 Å². The fourth-order valence-electron chi connectivity index (χ4n) is 2.50. The monoisotopic (exact) mass is 207 g/mol. The van der Waals surface area contributed by atoms with Crippen molar-refractivity contribution in [2.24, 2.45) is 5.92 Å². The summed E-state index contributed by atoms with van der Waals surface area (Å²) in [7, 11) is 0. The quantitative estimate of drug-likeness (QED) is 0.796. The summed E-state index contributed by atoms with van der Waals surface area (Å²) in [6.07, 6.45) is 9.18. The van der Waals surface area contributed by atoms with Crippen molar-refractivity contribution in [3.05, 3.63) is 18.2 Å². The Labute approximate surface area is 91.7 Å². The highest BCUT2D eigenvalue weighted by Gasteiger charge is 2.31. The van der Waals surface area contributed by atoms with E-state index in [0.29, 0.717) is 0 Å². The van der Waals surface area contributed by atoms with Gasteiger partial charge in [-0.2, -0.15) is 0 Å². The molecule has 2 N–H and O–H groups in total. The number of nitrogens with one attached hydrogen (secondary N) is 2. The van der Waals surface area contributed by atoms with Crippen molar-refractivity contribution in [3.8, 4) is 0 Å². The lowest BCUT2D eigenvalue weighted by molar-refractivity contribution is 0.253. The molecule has 0 saturated heterocycles. The van der Waals surface area contributed by atoms with Crippen LogP contribution in [0, 0.1) is 5.92 Å². The molecule has 0 bridgehead atoms. The van der Waals surface area contributed by atoms with Gasteiger partial charge in [-0.05, 0) is 32.6 Å². The molecule has 0 spiro atoms. The zero-order valence-electron chi connectivity index (χ0n) is 9.71. The largest absolute Gasteiger partial charge is 0.347 e. The molecule has 1 aromatic rings. The zero-order chi connectivity index (χ0) is 10.7. The number of hydrogen-bond acceptors (Lipinski definition) is 2. The van der Waals surface area contributed by atoms with Gasteiger partial charge in [0.05, 0.1) is 6.33 Å². The molecule has 0 aliphatic heterocycles. The molecule has 1 aliphatic rings. The molecule has 3 heteroatoms. The second kappa shape index (κ2) is 4.35. The Kier molecular flexibility index (Phi) is 3.10. The molecule has 2 rings (SSSR count). The molecule has 84 valence electrons. The topological polar surface area (TPSA) is 40.7 Å². The van der Waals surface area contributed by atoms with Gasteiger partial charge in [0.15, 0.2) is 0 Å². The summed E-state index contributed by atoms with van der Waals surface area (Å²) in [5.74, 6) is 0.834. The Hall–Kier alpha value is -0.830. The molecule has 3 nitrogen and oxygen atoms in total. The van der Waals surface area contributed by atoms with Gasteiger partial charge in [-0.1, -0.05) is 12.8 Å². The van der Waals surface area contributed by atoms with Gasteiger partial charge in [-0.25, -0.2) is 4.98 Å². The predicted octanol–water partition coefficient (Wildman–Crippen LogP) is 2.47. The third-order valence-electron chi connectivity index (χ3n) is 3.67. The number of H-pyrrole nitrogens is 1. The van der Waals surface area contributed by atoms with Crippen LogP contribution < -0.4 is 5.32 Å². The van der Waals surface area contributed by atoms with Gasteiger partial charge in [0.1, 0.15) is 0 Å². The SMILES string of the molecule is CC(C)(NCc1cnc[nH]1)C1CCCC1. The molecule has 1 fully saturated rings. The van der Waals surface area contributed by atoms with Crippen LogP contribution in [-0.2, 0) is 6.54 Å². The van der Waals surface area contributed by atoms with Crippen molar-refractivity contribution in [1.29, 1.82) is 0 Å². The lowest BCUT2D eigenvalue weighted by Crippen LogP contribution is -2.44. The molecular formula is C12H21N3. The Morgan fingerprint density at radius 3 is 2.80 bits per heavy atom. The summed E-state index contributed by atoms with van der Waals surface area (Å²) < 4.78 is 0. The van der Waals surface area contributed by atoms with Crippen molar-refractivity contribution >= 4 is 0 Å². The molecule has 1 aromatic heterocycles. The van der Waals surface area contributed by atoms with Gasteiger partial charge < -0.3 is 10.3 Å². The van der Waals surface area contributed by atoms with Crippen molar-refractivity contribution < 1.29 is 0 Å². The summed E-state index contributed by atoms with van der Waals surface area (Å²) >= 11 is 0. The maximum atomic E-state index is 4.02. The molecule has 15 heavy (non-hydrogen) atoms. The molecule has 1 heterocycles. The minimum atomic E-state index is 0.252. The highest BCUT2D eigenvalue weighted by molar-refractivity contribution is 4.97. The minimum absolute atomic E-state index is 0.252. The number of aromatic amines is 1. The van der Waals surface area contributed by atoms with Crippen LogP contribution in [0.1, 0.15) is 45.2 Å². The normalized spacial score (nSPS) is 18.5. The van der Waals surface area contributed by atoms with Crippen LogP contribution in [0.2, 0.25) is 0 Å². The molecule has 1 saturated carbocycles. The molecule has 0 radical (unpaired) electrons. The zero-order valence-corrected chi connectivity index (χ0v) is 9.71. The Bertz CT molecular complexity index is 284. The van der Waals surface area contributed by atoms with Crippen molar-refractivity contribution in [2.45, 2.75) is 51.6 Å². The van der Waals surface area contributed by atoms with E-state index in [-0.39, 0.29) is 5.54 Å². The van der Waals surface area contributed by atoms with Crippen LogP contribution >= 0.6 is 0 Å². The van der Waals surface area contributed by atoms with Crippen LogP contribution in [0.3, 0.4) is 0 Å². The van der Waals surface area contributed by atoms with E-state index in [4.69, 9.17) is 0 Å². The first-order valence-corrected chi connectivity index (χ1v) is 5.91. The summed E-state index contributed by atoms with van der Waals surface area (Å²) in [5.41, 5.74) is 1.42. The van der Waals surface area contributed by atoms with Gasteiger partial charge in [-0.15, -0.1) is 0 Å². The number of aromatic nitrogens is 2. The van der Waals surface area contributed by atoms with Crippen molar-refractivity contribution in [1.82, 2.24) is 15.3 Å². The molecular weight excluding hydrogens is 186 g/mol. The summed E-state index contributed by atoms with van der Waals surface area (Å²) in [5, 5.41) is 3.63. The van der Waals surface area contributed by atoms with E-state index in [1.165, 1.54) is 31.4 Å². The lowest BCUT2D eigenvalue weighted by atomic mass is 9.86. The molecule has 0 unspecified atom stereocenters. The second-order valence-corrected chi connectivity index (χ2v) is 5.13. The number of imidazole rings is 1. The van der Waals surface area contributed by atoms with Gasteiger partial charge in [0.25, 0.3) is 0 Å². The average molecular weight is 207 g/mol. The molecule has 0 atom stereocenters. The van der Waals surface area contributed by atoms with Gasteiger partial charge >= 0.3 is 0 Å². The van der Waals surface area contributed by atoms with Crippen molar-refractivity contribution in [3.63, 3.8) is 0 Å². The highest BCUT2D eigenvalue weighted by Crippen LogP contribution is 2.33. The van der Waals surface area contributed by atoms with Crippen LogP contribution in [0.25, 0.3) is 0 Å². The summed E-state index contributed by atoms with van der Waals surface area (Å²) in [6.45, 7) is 5.53. The van der Waals surface area contributed by atoms with Gasteiger partial charge in [-0.3, -0.25) is 0 Å². The number of hydrogen-bond donors (Lipinski definition) is 2. The molecule has 0 aromatic carbocycles. The first kappa shape index (κ1) is 10.7. The molecule has 1 aliphatic carbocycles. The maximum Gasteiger partial charge on any atom is 0.0922 e. The average Bonchev–Trinajstić information content (AvgIpc) is 2.88. The smallest absolute Gasteiger partial charge is 0.0922 e. The third-order valence-corrected chi connectivity index (χ3v) is 3.67. The minimum Gasteiger partial charge on any atom is -0.347 e. The lowest BCUT2D eigenvalue weighted by Gasteiger charge is -2.32. The highest BCUT2D eigenvalue weighted by atomic mass is 15.0. The fraction of sp³-hybridized carbons (Fsp3) is 0.750. The van der Waals surface area contributed by atoms with Crippen LogP contribution in [0.15, 0.2) is 12.5 Å². The third kappa shape index (κ3) is 2.59. The Morgan fingerprint density at radius 1 is 1.47 bits per heavy atom. The van der Waals surface area contributed by atoms with Crippen LogP contribution in [-0.4, -0.2) is 15.5 Å². The van der Waals surface area contributed by atoms with Gasteiger partial charge in [0.2, 0.25) is 0 Å². The van der Waals surface area contributed by atoms with Crippen LogP contribution in [0.4, 0.5) is 0 Å². The van der Waals surface area contributed by atoms with E-state index in [9.17, 15) is 0 Å². The van der Waals surface area contributed by atoms with Gasteiger partial charge in [0, 0.05) is 24.0 Å². The summed E-state index contributed by atoms with van der Waals surface area (Å²) in [6, 6.07) is 0. The van der Waals surface area contributed by atoms with E-state index < -0.39 is 0 Å². The Morgan fingerprint density at radius 2 is 2.20 bits per heavy atom. The van der Waals surface area contributed by atoms with Crippen molar-refractivity contribution in [2.75, 3.05) is 0 Å². The Balaban J connectivity index is 1.86. The summed E-state index contributed by atoms with van der Waals surface area (Å²) in [4.78, 5) is 7.15. The fourth-order valence-corrected chi connectivity index (χ4v) is 2.50. The predicted molar refractivity (Wildman–Crippen MR) is 61.5 cm³/mol. The van der Waals surface area contributed by atoms with E-state index >= 15 is 0 Å². The standard InChI is InChI=1S/C12H21N3/c1-12(2,10-5-3-4-6-10)15-8-11-7-13-9-14-11/h7,9-10,15H,3-6,8H2,1-2H3,(H,13,14). The van der Waals surface area contributed by atoms with E-state index in [2.05, 4.69) is 29.1 Å². The second-order valence-electron chi connectivity index (χ2n) is 5.13. The first-order valence-electron chi connectivity index (χ1n) is 5.91. The number of rotatable bonds is 4. The maximum absolute atomic E-state index is 4.02. The number of nitrogens with zero attached hydrogens (tertiary/aromatic N) is 1. The van der Waals surface area contributed by atoms with E-state index in [1.807, 2.05) is 6.20 Å². The molecule has 0 amide bonds. The van der Waals surface area contributed by atoms with E-state index in [0.717, 1.165) is 12.5 Å². The first-order chi connectivity index (χ1) is 7.18. The van der Waals surface area contributed by atoms with E-state index in [1.54, 1.807) is 6.33 Å².